The quantitative estimate of drug-likeness (QED) is 0.590. The molecule has 1 atom stereocenters. The van der Waals surface area contributed by atoms with Crippen molar-refractivity contribution in [3.05, 3.63) is 36.9 Å². The predicted molar refractivity (Wildman–Crippen MR) is 68.1 cm³/mol. The zero-order valence-electron chi connectivity index (χ0n) is 9.14. The van der Waals surface area contributed by atoms with Crippen LogP contribution in [0.25, 0.3) is 0 Å². The zero-order chi connectivity index (χ0) is 12.0. The van der Waals surface area contributed by atoms with Crippen LogP contribution in [-0.2, 0) is 4.79 Å². The van der Waals surface area contributed by atoms with Crippen molar-refractivity contribution in [1.29, 1.82) is 0 Å². The van der Waals surface area contributed by atoms with Gasteiger partial charge < -0.3 is 10.4 Å². The lowest BCUT2D eigenvalue weighted by Gasteiger charge is -2.14. The fraction of sp³-hybridized carbons (Fsp3) is 0.250. The number of hydrogen-bond donors (Lipinski definition) is 2. The van der Waals surface area contributed by atoms with Crippen molar-refractivity contribution in [3.8, 4) is 0 Å². The molecule has 0 amide bonds. The van der Waals surface area contributed by atoms with E-state index in [1.807, 2.05) is 30.3 Å². The Bertz CT molecular complexity index is 379. The molecular formula is C12H15NO2S. The molecule has 1 aromatic rings. The van der Waals surface area contributed by atoms with Crippen molar-refractivity contribution in [2.75, 3.05) is 11.1 Å². The monoisotopic (exact) mass is 237 g/mol. The molecule has 4 heteroatoms. The molecule has 86 valence electrons. The number of benzene rings is 1. The van der Waals surface area contributed by atoms with E-state index in [4.69, 9.17) is 5.11 Å². The van der Waals surface area contributed by atoms with E-state index in [9.17, 15) is 4.79 Å². The number of para-hydroxylation sites is 1. The van der Waals surface area contributed by atoms with E-state index in [1.165, 1.54) is 0 Å². The molecule has 0 heterocycles. The lowest BCUT2D eigenvalue weighted by Crippen LogP contribution is -2.25. The van der Waals surface area contributed by atoms with Crippen molar-refractivity contribution in [3.63, 3.8) is 0 Å². The SMILES string of the molecule is C=CCSc1ccccc1NC(C)C(=O)O. The molecule has 0 aliphatic carbocycles. The Morgan fingerprint density at radius 1 is 1.62 bits per heavy atom. The minimum atomic E-state index is -0.858. The normalized spacial score (nSPS) is 11.8. The van der Waals surface area contributed by atoms with Gasteiger partial charge in [-0.3, -0.25) is 4.79 Å². The average Bonchev–Trinajstić information content (AvgIpc) is 2.27. The van der Waals surface area contributed by atoms with Gasteiger partial charge in [0.15, 0.2) is 0 Å². The first kappa shape index (κ1) is 12.6. The van der Waals surface area contributed by atoms with E-state index < -0.39 is 12.0 Å². The average molecular weight is 237 g/mol. The summed E-state index contributed by atoms with van der Waals surface area (Å²) in [6.07, 6.45) is 1.82. The Balaban J connectivity index is 2.77. The van der Waals surface area contributed by atoms with Gasteiger partial charge in [0.1, 0.15) is 6.04 Å². The highest BCUT2D eigenvalue weighted by Gasteiger charge is 2.11. The molecule has 16 heavy (non-hydrogen) atoms. The Labute approximate surface area is 99.6 Å². The Hall–Kier alpha value is -1.42. The first-order chi connectivity index (χ1) is 7.65. The van der Waals surface area contributed by atoms with Gasteiger partial charge in [-0.25, -0.2) is 0 Å². The van der Waals surface area contributed by atoms with Gasteiger partial charge in [-0.2, -0.15) is 0 Å². The second-order valence-electron chi connectivity index (χ2n) is 3.30. The number of rotatable bonds is 6. The summed E-state index contributed by atoms with van der Waals surface area (Å²) in [5.41, 5.74) is 0.851. The number of carboxylic acid groups (broad SMARTS) is 1. The second kappa shape index (κ2) is 6.23. The maximum absolute atomic E-state index is 10.7. The van der Waals surface area contributed by atoms with Crippen LogP contribution in [0.4, 0.5) is 5.69 Å². The van der Waals surface area contributed by atoms with Gasteiger partial charge in [-0.05, 0) is 19.1 Å². The lowest BCUT2D eigenvalue weighted by atomic mass is 10.2. The molecule has 0 radical (unpaired) electrons. The van der Waals surface area contributed by atoms with Crippen molar-refractivity contribution in [1.82, 2.24) is 0 Å². The number of thioether (sulfide) groups is 1. The van der Waals surface area contributed by atoms with Gasteiger partial charge in [-0.15, -0.1) is 18.3 Å². The minimum Gasteiger partial charge on any atom is -0.480 e. The van der Waals surface area contributed by atoms with Crippen LogP contribution in [0.15, 0.2) is 41.8 Å². The van der Waals surface area contributed by atoms with Crippen LogP contribution >= 0.6 is 11.8 Å². The van der Waals surface area contributed by atoms with Gasteiger partial charge in [-0.1, -0.05) is 18.2 Å². The molecule has 0 aliphatic rings. The number of aliphatic carboxylic acids is 1. The highest BCUT2D eigenvalue weighted by atomic mass is 32.2. The first-order valence-electron chi connectivity index (χ1n) is 4.97. The van der Waals surface area contributed by atoms with Gasteiger partial charge in [0.2, 0.25) is 0 Å². The van der Waals surface area contributed by atoms with E-state index in [0.29, 0.717) is 0 Å². The molecule has 0 saturated heterocycles. The molecule has 0 fully saturated rings. The summed E-state index contributed by atoms with van der Waals surface area (Å²) >= 11 is 1.63. The zero-order valence-corrected chi connectivity index (χ0v) is 9.96. The number of carboxylic acids is 1. The van der Waals surface area contributed by atoms with Crippen LogP contribution in [0.3, 0.4) is 0 Å². The van der Waals surface area contributed by atoms with Crippen molar-refractivity contribution in [2.45, 2.75) is 17.9 Å². The summed E-state index contributed by atoms with van der Waals surface area (Å²) in [5, 5.41) is 11.8. The minimum absolute atomic E-state index is 0.592. The lowest BCUT2D eigenvalue weighted by molar-refractivity contribution is -0.137. The molecule has 0 spiro atoms. The highest BCUT2D eigenvalue weighted by molar-refractivity contribution is 7.99. The van der Waals surface area contributed by atoms with Crippen LogP contribution in [0.1, 0.15) is 6.92 Å². The molecular weight excluding hydrogens is 222 g/mol. The Morgan fingerprint density at radius 3 is 2.94 bits per heavy atom. The molecule has 0 aromatic heterocycles. The molecule has 1 rings (SSSR count). The summed E-state index contributed by atoms with van der Waals surface area (Å²) in [4.78, 5) is 11.8. The van der Waals surface area contributed by atoms with Gasteiger partial charge in [0, 0.05) is 16.3 Å². The van der Waals surface area contributed by atoms with E-state index in [1.54, 1.807) is 18.7 Å². The van der Waals surface area contributed by atoms with Crippen molar-refractivity contribution >= 4 is 23.4 Å². The summed E-state index contributed by atoms with van der Waals surface area (Å²) in [6.45, 7) is 5.28. The molecule has 3 nitrogen and oxygen atoms in total. The molecule has 1 unspecified atom stereocenters. The van der Waals surface area contributed by atoms with Gasteiger partial charge >= 0.3 is 5.97 Å². The van der Waals surface area contributed by atoms with Crippen LogP contribution in [0.2, 0.25) is 0 Å². The molecule has 0 aliphatic heterocycles. The fourth-order valence-electron chi connectivity index (χ4n) is 1.16. The van der Waals surface area contributed by atoms with E-state index in [2.05, 4.69) is 11.9 Å². The Morgan fingerprint density at radius 2 is 2.31 bits per heavy atom. The topological polar surface area (TPSA) is 49.3 Å². The molecule has 0 bridgehead atoms. The molecule has 2 N–H and O–H groups in total. The smallest absolute Gasteiger partial charge is 0.325 e. The summed E-state index contributed by atoms with van der Waals surface area (Å²) in [6, 6.07) is 7.07. The molecule has 0 saturated carbocycles. The number of carbonyl (C=O) groups is 1. The predicted octanol–water partition coefficient (Wildman–Crippen LogP) is 2.85. The highest BCUT2D eigenvalue weighted by Crippen LogP contribution is 2.27. The third-order valence-electron chi connectivity index (χ3n) is 1.99. The van der Waals surface area contributed by atoms with E-state index in [-0.39, 0.29) is 0 Å². The summed E-state index contributed by atoms with van der Waals surface area (Å²) in [7, 11) is 0. The van der Waals surface area contributed by atoms with Gasteiger partial charge in [0.25, 0.3) is 0 Å². The largest absolute Gasteiger partial charge is 0.480 e. The van der Waals surface area contributed by atoms with Crippen molar-refractivity contribution < 1.29 is 9.90 Å². The van der Waals surface area contributed by atoms with E-state index >= 15 is 0 Å². The standard InChI is InChI=1S/C12H15NO2S/c1-3-8-16-11-7-5-4-6-10(11)13-9(2)12(14)15/h3-7,9,13H,1,8H2,2H3,(H,14,15). The van der Waals surface area contributed by atoms with E-state index in [0.717, 1.165) is 16.3 Å². The third-order valence-corrected chi connectivity index (χ3v) is 3.06. The second-order valence-corrected chi connectivity index (χ2v) is 4.36. The fourth-order valence-corrected chi connectivity index (χ4v) is 1.91. The van der Waals surface area contributed by atoms with Crippen LogP contribution in [0.5, 0.6) is 0 Å². The summed E-state index contributed by atoms with van der Waals surface area (Å²) < 4.78 is 0. The number of nitrogens with one attached hydrogen (secondary N) is 1. The van der Waals surface area contributed by atoms with Crippen LogP contribution < -0.4 is 5.32 Å². The maximum Gasteiger partial charge on any atom is 0.325 e. The van der Waals surface area contributed by atoms with Crippen LogP contribution in [-0.4, -0.2) is 22.9 Å². The van der Waals surface area contributed by atoms with Gasteiger partial charge in [0.05, 0.1) is 0 Å². The Kier molecular flexibility index (Phi) is 4.92. The maximum atomic E-state index is 10.7. The number of hydrogen-bond acceptors (Lipinski definition) is 3. The number of anilines is 1. The van der Waals surface area contributed by atoms with Crippen molar-refractivity contribution in [2.24, 2.45) is 0 Å². The molecule has 1 aromatic carbocycles. The first-order valence-corrected chi connectivity index (χ1v) is 5.95. The summed E-state index contributed by atoms with van der Waals surface area (Å²) in [5.74, 6) is -0.0521. The third kappa shape index (κ3) is 3.62. The van der Waals surface area contributed by atoms with Crippen LogP contribution in [0, 0.1) is 0 Å².